The smallest absolute Gasteiger partial charge is 0.346 e. The topological polar surface area (TPSA) is 24.3 Å². The summed E-state index contributed by atoms with van der Waals surface area (Å²) in [6, 6.07) is 1.80. The third-order valence-corrected chi connectivity index (χ3v) is 5.35. The SMILES string of the molecule is Cc1cc(-c2csc(N3CCN(C)CC3)n2)c(C)n1CC(F)(F)F. The lowest BCUT2D eigenvalue weighted by molar-refractivity contribution is -0.141. The van der Waals surface area contributed by atoms with E-state index < -0.39 is 12.7 Å². The first-order valence-electron chi connectivity index (χ1n) is 7.87. The van der Waals surface area contributed by atoms with Gasteiger partial charge in [-0.25, -0.2) is 4.98 Å². The van der Waals surface area contributed by atoms with Crippen LogP contribution in [0, 0.1) is 13.8 Å². The molecule has 2 aromatic heterocycles. The van der Waals surface area contributed by atoms with Gasteiger partial charge in [0.15, 0.2) is 5.13 Å². The van der Waals surface area contributed by atoms with Crippen molar-refractivity contribution in [2.45, 2.75) is 26.6 Å². The third kappa shape index (κ3) is 3.59. The first-order chi connectivity index (χ1) is 11.2. The second kappa shape index (κ2) is 6.40. The highest BCUT2D eigenvalue weighted by Gasteiger charge is 2.30. The molecule has 0 amide bonds. The molecule has 3 rings (SSSR count). The summed E-state index contributed by atoms with van der Waals surface area (Å²) in [5, 5.41) is 2.88. The van der Waals surface area contributed by atoms with Crippen LogP contribution in [0.4, 0.5) is 18.3 Å². The van der Waals surface area contributed by atoms with E-state index in [1.807, 2.05) is 5.38 Å². The highest BCUT2D eigenvalue weighted by Crippen LogP contribution is 2.33. The second-order valence-electron chi connectivity index (χ2n) is 6.29. The Morgan fingerprint density at radius 1 is 1.17 bits per heavy atom. The lowest BCUT2D eigenvalue weighted by Gasteiger charge is -2.32. The molecule has 0 aromatic carbocycles. The number of thiazole rings is 1. The van der Waals surface area contributed by atoms with E-state index in [4.69, 9.17) is 0 Å². The number of rotatable bonds is 3. The number of hydrogen-bond acceptors (Lipinski definition) is 4. The van der Waals surface area contributed by atoms with Crippen LogP contribution >= 0.6 is 11.3 Å². The van der Waals surface area contributed by atoms with Gasteiger partial charge in [-0.15, -0.1) is 11.3 Å². The zero-order valence-electron chi connectivity index (χ0n) is 14.0. The number of nitrogens with zero attached hydrogens (tertiary/aromatic N) is 4. The Kier molecular flexibility index (Phi) is 4.61. The molecule has 3 heterocycles. The van der Waals surface area contributed by atoms with Crippen LogP contribution in [0.15, 0.2) is 11.4 Å². The second-order valence-corrected chi connectivity index (χ2v) is 7.13. The molecule has 1 fully saturated rings. The van der Waals surface area contributed by atoms with Gasteiger partial charge in [0.2, 0.25) is 0 Å². The first-order valence-corrected chi connectivity index (χ1v) is 8.75. The monoisotopic (exact) mass is 358 g/mol. The van der Waals surface area contributed by atoms with Crippen molar-refractivity contribution in [3.63, 3.8) is 0 Å². The molecular weight excluding hydrogens is 337 g/mol. The molecule has 4 nitrogen and oxygen atoms in total. The van der Waals surface area contributed by atoms with E-state index in [0.717, 1.165) is 42.6 Å². The van der Waals surface area contributed by atoms with Crippen LogP contribution in [0.2, 0.25) is 0 Å². The van der Waals surface area contributed by atoms with Gasteiger partial charge in [0.1, 0.15) is 6.54 Å². The summed E-state index contributed by atoms with van der Waals surface area (Å²) in [7, 11) is 2.10. The van der Waals surface area contributed by atoms with Crippen molar-refractivity contribution in [3.8, 4) is 11.3 Å². The summed E-state index contributed by atoms with van der Waals surface area (Å²) in [5.41, 5.74) is 2.76. The maximum atomic E-state index is 12.7. The minimum atomic E-state index is -4.22. The molecule has 1 saturated heterocycles. The fraction of sp³-hybridized carbons (Fsp3) is 0.562. The Balaban J connectivity index is 1.84. The molecule has 0 bridgehead atoms. The maximum absolute atomic E-state index is 12.7. The zero-order valence-corrected chi connectivity index (χ0v) is 14.8. The Bertz CT molecular complexity index is 711. The fourth-order valence-corrected chi connectivity index (χ4v) is 3.89. The molecule has 0 unspecified atom stereocenters. The Labute approximate surface area is 143 Å². The van der Waals surface area contributed by atoms with Gasteiger partial charge in [-0.3, -0.25) is 0 Å². The zero-order chi connectivity index (χ0) is 17.5. The van der Waals surface area contributed by atoms with Crippen molar-refractivity contribution in [1.82, 2.24) is 14.5 Å². The van der Waals surface area contributed by atoms with Crippen LogP contribution in [-0.4, -0.2) is 53.9 Å². The average Bonchev–Trinajstić information content (AvgIpc) is 3.07. The lowest BCUT2D eigenvalue weighted by atomic mass is 10.2. The summed E-state index contributed by atoms with van der Waals surface area (Å²) in [6.45, 7) is 6.32. The van der Waals surface area contributed by atoms with Crippen LogP contribution in [0.25, 0.3) is 11.3 Å². The average molecular weight is 358 g/mol. The number of piperazine rings is 1. The predicted molar refractivity (Wildman–Crippen MR) is 90.8 cm³/mol. The molecule has 24 heavy (non-hydrogen) atoms. The number of likely N-dealkylation sites (N-methyl/N-ethyl adjacent to an activating group) is 1. The van der Waals surface area contributed by atoms with Gasteiger partial charge in [-0.05, 0) is 27.0 Å². The summed E-state index contributed by atoms with van der Waals surface area (Å²) in [6.07, 6.45) is -4.22. The molecular formula is C16H21F3N4S. The molecule has 0 atom stereocenters. The van der Waals surface area contributed by atoms with Gasteiger partial charge in [0.05, 0.1) is 5.69 Å². The predicted octanol–water partition coefficient (Wildman–Crippen LogP) is 3.54. The largest absolute Gasteiger partial charge is 0.406 e. The molecule has 0 radical (unpaired) electrons. The highest BCUT2D eigenvalue weighted by atomic mass is 32.1. The van der Waals surface area contributed by atoms with Crippen molar-refractivity contribution in [2.24, 2.45) is 0 Å². The number of alkyl halides is 3. The molecule has 132 valence electrons. The molecule has 1 aliphatic heterocycles. The number of anilines is 1. The molecule has 0 N–H and O–H groups in total. The lowest BCUT2D eigenvalue weighted by Crippen LogP contribution is -2.44. The van der Waals surface area contributed by atoms with Crippen LogP contribution in [0.3, 0.4) is 0 Å². The normalized spacial score (nSPS) is 16.8. The Morgan fingerprint density at radius 3 is 2.46 bits per heavy atom. The van der Waals surface area contributed by atoms with Crippen LogP contribution < -0.4 is 4.90 Å². The van der Waals surface area contributed by atoms with Crippen LogP contribution in [0.1, 0.15) is 11.4 Å². The number of hydrogen-bond donors (Lipinski definition) is 0. The van der Waals surface area contributed by atoms with E-state index in [1.54, 1.807) is 31.3 Å². The standard InChI is InChI=1S/C16H21F3N4S/c1-11-8-13(12(2)23(11)10-16(17,18)19)14-9-24-15(20-14)22-6-4-21(3)5-7-22/h8-9H,4-7,10H2,1-3H3. The summed E-state index contributed by atoms with van der Waals surface area (Å²) in [5.74, 6) is 0. The summed E-state index contributed by atoms with van der Waals surface area (Å²) >= 11 is 1.55. The summed E-state index contributed by atoms with van der Waals surface area (Å²) in [4.78, 5) is 9.19. The van der Waals surface area contributed by atoms with Crippen LogP contribution in [-0.2, 0) is 6.54 Å². The van der Waals surface area contributed by atoms with E-state index in [9.17, 15) is 13.2 Å². The fourth-order valence-electron chi connectivity index (χ4n) is 3.01. The van der Waals surface area contributed by atoms with Crippen molar-refractivity contribution in [1.29, 1.82) is 0 Å². The first kappa shape index (κ1) is 17.3. The summed E-state index contributed by atoms with van der Waals surface area (Å²) < 4.78 is 39.5. The molecule has 0 spiro atoms. The van der Waals surface area contributed by atoms with Crippen molar-refractivity contribution in [2.75, 3.05) is 38.1 Å². The maximum Gasteiger partial charge on any atom is 0.406 e. The number of aryl methyl sites for hydroxylation is 1. The van der Waals surface area contributed by atoms with E-state index in [-0.39, 0.29) is 0 Å². The molecule has 0 aliphatic carbocycles. The number of halogens is 3. The Hall–Kier alpha value is -1.54. The minimum Gasteiger partial charge on any atom is -0.346 e. The van der Waals surface area contributed by atoms with Crippen molar-refractivity contribution < 1.29 is 13.2 Å². The number of aromatic nitrogens is 2. The molecule has 0 saturated carbocycles. The van der Waals surface area contributed by atoms with Gasteiger partial charge >= 0.3 is 6.18 Å². The van der Waals surface area contributed by atoms with E-state index in [1.165, 1.54) is 4.57 Å². The van der Waals surface area contributed by atoms with Gasteiger partial charge in [0.25, 0.3) is 0 Å². The van der Waals surface area contributed by atoms with E-state index >= 15 is 0 Å². The quantitative estimate of drug-likeness (QED) is 0.839. The van der Waals surface area contributed by atoms with Gasteiger partial charge in [-0.1, -0.05) is 0 Å². The highest BCUT2D eigenvalue weighted by molar-refractivity contribution is 7.14. The molecule has 1 aliphatic rings. The van der Waals surface area contributed by atoms with Crippen molar-refractivity contribution in [3.05, 3.63) is 22.8 Å². The van der Waals surface area contributed by atoms with E-state index in [2.05, 4.69) is 21.8 Å². The Morgan fingerprint density at radius 2 is 1.83 bits per heavy atom. The van der Waals surface area contributed by atoms with E-state index in [0.29, 0.717) is 11.4 Å². The molecule has 2 aromatic rings. The van der Waals surface area contributed by atoms with Crippen molar-refractivity contribution >= 4 is 16.5 Å². The minimum absolute atomic E-state index is 0.606. The third-order valence-electron chi connectivity index (χ3n) is 4.45. The molecule has 8 heteroatoms. The van der Waals surface area contributed by atoms with Gasteiger partial charge in [0, 0.05) is 48.5 Å². The van der Waals surface area contributed by atoms with Crippen LogP contribution in [0.5, 0.6) is 0 Å². The van der Waals surface area contributed by atoms with Gasteiger partial charge in [-0.2, -0.15) is 13.2 Å². The van der Waals surface area contributed by atoms with Gasteiger partial charge < -0.3 is 14.4 Å².